The van der Waals surface area contributed by atoms with Gasteiger partial charge in [-0.05, 0) is 0 Å². The third-order valence-electron chi connectivity index (χ3n) is 2.06. The van der Waals surface area contributed by atoms with Crippen LogP contribution in [-0.4, -0.2) is 10.5 Å². The van der Waals surface area contributed by atoms with Crippen LogP contribution in [0.15, 0.2) is 9.79 Å². The predicted octanol–water partition coefficient (Wildman–Crippen LogP) is 3.59. The number of hydrogen-bond acceptors (Lipinski definition) is 5. The summed E-state index contributed by atoms with van der Waals surface area (Å²) < 4.78 is 1.82. The number of rotatable bonds is 1. The normalized spacial score (nSPS) is 13.2. The lowest BCUT2D eigenvalue weighted by molar-refractivity contribution is 0.480. The molecule has 13 heavy (non-hydrogen) atoms. The van der Waals surface area contributed by atoms with E-state index in [0.717, 1.165) is 24.4 Å². The lowest BCUT2D eigenvalue weighted by Gasteiger charge is -2.03. The Kier molecular flexibility index (Phi) is 1.51. The highest BCUT2D eigenvalue weighted by molar-refractivity contribution is 8.05. The maximum Gasteiger partial charge on any atom is 0.135 e. The van der Waals surface area contributed by atoms with Gasteiger partial charge in [-0.1, -0.05) is 36.2 Å². The number of fused-ring (bicyclic) bond motifs is 2. The Balaban J connectivity index is 2.68. The Morgan fingerprint density at radius 3 is 2.77 bits per heavy atom. The van der Waals surface area contributed by atoms with Crippen molar-refractivity contribution >= 4 is 63.0 Å². The van der Waals surface area contributed by atoms with Crippen molar-refractivity contribution in [2.45, 2.75) is 9.79 Å². The van der Waals surface area contributed by atoms with E-state index in [1.54, 1.807) is 11.8 Å². The van der Waals surface area contributed by atoms with Crippen molar-refractivity contribution in [1.29, 1.82) is 0 Å². The van der Waals surface area contributed by atoms with Gasteiger partial charge in [0, 0.05) is 20.7 Å². The lowest BCUT2D eigenvalue weighted by Crippen LogP contribution is -1.84. The monoisotopic (exact) mass is 242 g/mol. The van der Waals surface area contributed by atoms with E-state index in [4.69, 9.17) is 24.4 Å². The van der Waals surface area contributed by atoms with Gasteiger partial charge < -0.3 is 5.11 Å². The fraction of sp³-hybridized carbons (Fsp3) is 0. The Morgan fingerprint density at radius 1 is 1.31 bits per heavy atom. The molecule has 0 saturated carbocycles. The predicted molar refractivity (Wildman–Crippen MR) is 62.4 cm³/mol. The molecule has 4 rings (SSSR count). The smallest absolute Gasteiger partial charge is 0.135 e. The Labute approximate surface area is 92.7 Å². The molecule has 1 N–H and O–H groups in total. The Morgan fingerprint density at radius 2 is 2.08 bits per heavy atom. The molecule has 2 aromatic heterocycles. The molecule has 1 aromatic carbocycles. The van der Waals surface area contributed by atoms with Gasteiger partial charge in [-0.15, -0.1) is 11.3 Å². The SMILES string of the molecule is Oc1c(C=S)c2sc(=S)c1c1c2S1. The third-order valence-corrected chi connectivity index (χ3v) is 4.91. The first-order valence-electron chi connectivity index (χ1n) is 3.52. The molecule has 1 aliphatic heterocycles. The lowest BCUT2D eigenvalue weighted by atomic mass is 10.2. The van der Waals surface area contributed by atoms with E-state index in [-0.39, 0.29) is 5.75 Å². The first kappa shape index (κ1) is 8.11. The summed E-state index contributed by atoms with van der Waals surface area (Å²) >= 11 is 13.2. The van der Waals surface area contributed by atoms with Crippen molar-refractivity contribution < 1.29 is 5.11 Å². The van der Waals surface area contributed by atoms with Gasteiger partial charge in [-0.2, -0.15) is 0 Å². The third kappa shape index (κ3) is 0.878. The zero-order valence-electron chi connectivity index (χ0n) is 6.16. The summed E-state index contributed by atoms with van der Waals surface area (Å²) in [6.07, 6.45) is 0. The van der Waals surface area contributed by atoms with Crippen LogP contribution < -0.4 is 0 Å². The second-order valence-electron chi connectivity index (χ2n) is 2.73. The van der Waals surface area contributed by atoms with Crippen molar-refractivity contribution in [3.05, 3.63) is 9.39 Å². The van der Waals surface area contributed by atoms with E-state index >= 15 is 0 Å². The molecule has 1 nitrogen and oxygen atoms in total. The highest BCUT2D eigenvalue weighted by Gasteiger charge is 2.31. The van der Waals surface area contributed by atoms with Gasteiger partial charge >= 0.3 is 0 Å². The molecule has 3 heterocycles. The van der Waals surface area contributed by atoms with Crippen molar-refractivity contribution in [1.82, 2.24) is 0 Å². The zero-order valence-corrected chi connectivity index (χ0v) is 9.42. The molecule has 0 spiro atoms. The highest BCUT2D eigenvalue weighted by Crippen LogP contribution is 2.61. The molecule has 1 aliphatic rings. The van der Waals surface area contributed by atoms with Crippen LogP contribution in [-0.2, 0) is 0 Å². The van der Waals surface area contributed by atoms with Gasteiger partial charge in [-0.25, -0.2) is 0 Å². The van der Waals surface area contributed by atoms with Crippen molar-refractivity contribution in [3.8, 4) is 5.75 Å². The molecule has 0 amide bonds. The van der Waals surface area contributed by atoms with Crippen molar-refractivity contribution in [3.63, 3.8) is 0 Å². The maximum absolute atomic E-state index is 9.80. The van der Waals surface area contributed by atoms with E-state index in [1.807, 2.05) is 0 Å². The summed E-state index contributed by atoms with van der Waals surface area (Å²) in [4.78, 5) is 2.40. The van der Waals surface area contributed by atoms with E-state index in [9.17, 15) is 5.11 Å². The van der Waals surface area contributed by atoms with Gasteiger partial charge in [0.25, 0.3) is 0 Å². The minimum absolute atomic E-state index is 0.275. The second kappa shape index (κ2) is 2.42. The molecule has 3 aromatic rings. The Hall–Kier alpha value is -0.230. The second-order valence-corrected chi connectivity index (χ2v) is 5.68. The van der Waals surface area contributed by atoms with Crippen LogP contribution in [0.2, 0.25) is 0 Å². The van der Waals surface area contributed by atoms with Gasteiger partial charge in [0.2, 0.25) is 0 Å². The first-order chi connectivity index (χ1) is 6.24. The molecular formula is C8H2OS4. The highest BCUT2D eigenvalue weighted by atomic mass is 32.2. The van der Waals surface area contributed by atoms with Crippen LogP contribution in [0.1, 0.15) is 5.56 Å². The molecule has 0 aliphatic carbocycles. The van der Waals surface area contributed by atoms with Gasteiger partial charge in [0.05, 0.1) is 10.1 Å². The van der Waals surface area contributed by atoms with E-state index in [0.29, 0.717) is 0 Å². The van der Waals surface area contributed by atoms with Crippen LogP contribution in [0, 0.1) is 3.82 Å². The maximum atomic E-state index is 9.80. The molecule has 2 bridgehead atoms. The Bertz CT molecular complexity index is 583. The fourth-order valence-corrected chi connectivity index (χ4v) is 4.41. The molecule has 0 fully saturated rings. The molecular weight excluding hydrogens is 240 g/mol. The average molecular weight is 242 g/mol. The number of hydrogen-bond donors (Lipinski definition) is 1. The van der Waals surface area contributed by atoms with Crippen LogP contribution in [0.5, 0.6) is 5.75 Å². The fourth-order valence-electron chi connectivity index (χ4n) is 1.41. The van der Waals surface area contributed by atoms with Crippen LogP contribution in [0.4, 0.5) is 0 Å². The summed E-state index contributed by atoms with van der Waals surface area (Å²) in [5, 5.41) is 12.2. The molecule has 0 radical (unpaired) electrons. The van der Waals surface area contributed by atoms with Gasteiger partial charge in [-0.3, -0.25) is 0 Å². The first-order valence-corrected chi connectivity index (χ1v) is 6.03. The van der Waals surface area contributed by atoms with Crippen molar-refractivity contribution in [2.24, 2.45) is 0 Å². The number of phenolic OH excluding ortho intramolecular Hbond substituents is 1. The zero-order chi connectivity index (χ0) is 9.16. The van der Waals surface area contributed by atoms with Gasteiger partial charge in [0.1, 0.15) is 9.57 Å². The molecule has 0 unspecified atom stereocenters. The van der Waals surface area contributed by atoms with E-state index in [1.165, 1.54) is 21.6 Å². The largest absolute Gasteiger partial charge is 0.506 e. The molecule has 0 saturated heterocycles. The standard InChI is InChI=1S/C8H2OS4/c9-4-2(1-10)5-7-6(12-7)3(4)8(11)13-5/h1,9H. The van der Waals surface area contributed by atoms with E-state index in [2.05, 4.69) is 0 Å². The van der Waals surface area contributed by atoms with Crippen LogP contribution >= 0.6 is 47.5 Å². The molecule has 64 valence electrons. The molecule has 0 atom stereocenters. The summed E-state index contributed by atoms with van der Waals surface area (Å²) in [5.41, 5.74) is 0.771. The minimum Gasteiger partial charge on any atom is -0.506 e. The summed E-state index contributed by atoms with van der Waals surface area (Å²) in [6.45, 7) is 0. The summed E-state index contributed by atoms with van der Waals surface area (Å²) in [5.74, 6) is 0.275. The topological polar surface area (TPSA) is 20.2 Å². The van der Waals surface area contributed by atoms with Crippen LogP contribution in [0.25, 0.3) is 10.1 Å². The summed E-state index contributed by atoms with van der Waals surface area (Å²) in [6, 6.07) is 0. The minimum atomic E-state index is 0.275. The number of benzene rings is 1. The average Bonchev–Trinajstić information content (AvgIpc) is 2.84. The van der Waals surface area contributed by atoms with Crippen LogP contribution in [0.3, 0.4) is 0 Å². The quantitative estimate of drug-likeness (QED) is 0.519. The number of phenols is 1. The van der Waals surface area contributed by atoms with Gasteiger partial charge in [0.15, 0.2) is 0 Å². The number of aromatic hydroxyl groups is 1. The number of thiocarbonyl (C=S) groups is 1. The van der Waals surface area contributed by atoms with Crippen molar-refractivity contribution in [2.75, 3.05) is 0 Å². The van der Waals surface area contributed by atoms with E-state index < -0.39 is 0 Å². The molecule has 5 heteroatoms. The summed E-state index contributed by atoms with van der Waals surface area (Å²) in [7, 11) is 0.